The number of halogens is 2. The maximum atomic E-state index is 13.2. The maximum Gasteiger partial charge on any atom is 0.318 e. The van der Waals surface area contributed by atoms with Crippen molar-refractivity contribution in [3.05, 3.63) is 62.5 Å². The molecule has 0 bridgehead atoms. The summed E-state index contributed by atoms with van der Waals surface area (Å²) in [5.41, 5.74) is 1.85. The lowest BCUT2D eigenvalue weighted by atomic mass is 10.1. The number of aryl methyl sites for hydroxylation is 1. The molecule has 0 fully saturated rings. The molecule has 2 aromatic rings. The Morgan fingerprint density at radius 2 is 2.20 bits per heavy atom. The number of carbonyl (C=O) groups excluding carboxylic acids is 1. The van der Waals surface area contributed by atoms with Gasteiger partial charge in [-0.05, 0) is 31.0 Å². The number of aromatic nitrogens is 2. The van der Waals surface area contributed by atoms with Gasteiger partial charge in [0.25, 0.3) is 5.56 Å². The molecule has 0 saturated carbocycles. The van der Waals surface area contributed by atoms with Crippen LogP contribution in [0.15, 0.2) is 29.3 Å². The van der Waals surface area contributed by atoms with Crippen LogP contribution in [0.2, 0.25) is 5.02 Å². The zero-order valence-electron chi connectivity index (χ0n) is 13.9. The smallest absolute Gasteiger partial charge is 0.318 e. The molecule has 132 valence electrons. The van der Waals surface area contributed by atoms with E-state index < -0.39 is 5.82 Å². The molecule has 0 aliphatic carbocycles. The highest BCUT2D eigenvalue weighted by molar-refractivity contribution is 6.31. The fraction of sp³-hybridized carbons (Fsp3) is 0.353. The number of fused-ring (bicyclic) bond motifs is 1. The van der Waals surface area contributed by atoms with Crippen molar-refractivity contribution in [3.8, 4) is 0 Å². The van der Waals surface area contributed by atoms with E-state index in [9.17, 15) is 14.0 Å². The topological polar surface area (TPSA) is 67.2 Å². The predicted octanol–water partition coefficient (Wildman–Crippen LogP) is 2.40. The summed E-state index contributed by atoms with van der Waals surface area (Å²) in [6.07, 6.45) is 1.93. The Morgan fingerprint density at radius 3 is 2.92 bits per heavy atom. The van der Waals surface area contributed by atoms with E-state index >= 15 is 0 Å². The van der Waals surface area contributed by atoms with Gasteiger partial charge >= 0.3 is 6.03 Å². The SMILES string of the molecule is C[C@@H](NC(=O)N1CCc2c(ncn(C)c2=O)C1)c1ccc(F)cc1Cl. The molecule has 25 heavy (non-hydrogen) atoms. The molecule has 1 aromatic carbocycles. The van der Waals surface area contributed by atoms with Crippen molar-refractivity contribution in [2.45, 2.75) is 25.9 Å². The second-order valence-electron chi connectivity index (χ2n) is 6.09. The van der Waals surface area contributed by atoms with E-state index in [1.54, 1.807) is 24.9 Å². The third-order valence-corrected chi connectivity index (χ3v) is 4.67. The molecule has 1 atom stereocenters. The summed E-state index contributed by atoms with van der Waals surface area (Å²) in [5, 5.41) is 3.12. The minimum atomic E-state index is -0.424. The monoisotopic (exact) mass is 364 g/mol. The first kappa shape index (κ1) is 17.4. The van der Waals surface area contributed by atoms with E-state index in [0.29, 0.717) is 29.8 Å². The second kappa shape index (κ2) is 6.84. The molecule has 0 radical (unpaired) electrons. The van der Waals surface area contributed by atoms with E-state index in [2.05, 4.69) is 10.3 Å². The molecule has 0 unspecified atom stereocenters. The number of nitrogens with one attached hydrogen (secondary N) is 1. The van der Waals surface area contributed by atoms with Gasteiger partial charge in [-0.3, -0.25) is 4.79 Å². The summed E-state index contributed by atoms with van der Waals surface area (Å²) in [5.74, 6) is -0.424. The lowest BCUT2D eigenvalue weighted by Gasteiger charge is -2.29. The summed E-state index contributed by atoms with van der Waals surface area (Å²) in [6.45, 7) is 2.49. The summed E-state index contributed by atoms with van der Waals surface area (Å²) in [4.78, 5) is 30.4. The van der Waals surface area contributed by atoms with Gasteiger partial charge in [-0.2, -0.15) is 0 Å². The summed E-state index contributed by atoms with van der Waals surface area (Å²) in [6, 6.07) is 3.43. The average Bonchev–Trinajstić information content (AvgIpc) is 2.57. The third kappa shape index (κ3) is 3.51. The number of carbonyl (C=O) groups is 1. The first-order valence-electron chi connectivity index (χ1n) is 7.90. The van der Waals surface area contributed by atoms with Crippen LogP contribution < -0.4 is 10.9 Å². The molecule has 2 heterocycles. The zero-order valence-corrected chi connectivity index (χ0v) is 14.7. The molecule has 6 nitrogen and oxygen atoms in total. The number of urea groups is 1. The zero-order chi connectivity index (χ0) is 18.1. The van der Waals surface area contributed by atoms with Crippen LogP contribution in [0.25, 0.3) is 0 Å². The fourth-order valence-electron chi connectivity index (χ4n) is 2.90. The van der Waals surface area contributed by atoms with Gasteiger partial charge in [-0.1, -0.05) is 17.7 Å². The van der Waals surface area contributed by atoms with Gasteiger partial charge < -0.3 is 14.8 Å². The Morgan fingerprint density at radius 1 is 1.44 bits per heavy atom. The lowest BCUT2D eigenvalue weighted by Crippen LogP contribution is -2.45. The highest BCUT2D eigenvalue weighted by Crippen LogP contribution is 2.24. The van der Waals surface area contributed by atoms with Crippen LogP contribution in [-0.4, -0.2) is 27.0 Å². The molecule has 1 aliphatic heterocycles. The van der Waals surface area contributed by atoms with Crippen LogP contribution in [0.5, 0.6) is 0 Å². The first-order chi connectivity index (χ1) is 11.9. The number of amides is 2. The Hall–Kier alpha value is -2.41. The quantitative estimate of drug-likeness (QED) is 0.889. The highest BCUT2D eigenvalue weighted by atomic mass is 35.5. The molecule has 8 heteroatoms. The third-order valence-electron chi connectivity index (χ3n) is 4.34. The minimum Gasteiger partial charge on any atom is -0.331 e. The summed E-state index contributed by atoms with van der Waals surface area (Å²) >= 11 is 6.04. The largest absolute Gasteiger partial charge is 0.331 e. The fourth-order valence-corrected chi connectivity index (χ4v) is 3.23. The summed E-state index contributed by atoms with van der Waals surface area (Å²) in [7, 11) is 1.66. The van der Waals surface area contributed by atoms with Crippen molar-refractivity contribution in [1.82, 2.24) is 19.8 Å². The number of hydrogen-bond acceptors (Lipinski definition) is 3. The van der Waals surface area contributed by atoms with Crippen LogP contribution >= 0.6 is 11.6 Å². The number of rotatable bonds is 2. The van der Waals surface area contributed by atoms with E-state index in [1.165, 1.54) is 23.0 Å². The first-order valence-corrected chi connectivity index (χ1v) is 8.28. The molecule has 0 saturated heterocycles. The molecule has 1 aliphatic rings. The molecule has 0 spiro atoms. The molecule has 2 amide bonds. The van der Waals surface area contributed by atoms with Gasteiger partial charge in [0.15, 0.2) is 0 Å². The Bertz CT molecular complexity index is 883. The van der Waals surface area contributed by atoms with Gasteiger partial charge in [0, 0.05) is 24.2 Å². The van der Waals surface area contributed by atoms with Crippen LogP contribution in [-0.2, 0) is 20.0 Å². The van der Waals surface area contributed by atoms with Gasteiger partial charge in [0.1, 0.15) is 5.82 Å². The van der Waals surface area contributed by atoms with Crippen molar-refractivity contribution < 1.29 is 9.18 Å². The molecule has 1 N–H and O–H groups in total. The molecular weight excluding hydrogens is 347 g/mol. The number of benzene rings is 1. The number of nitrogens with zero attached hydrogens (tertiary/aromatic N) is 3. The Balaban J connectivity index is 1.72. The van der Waals surface area contributed by atoms with E-state index in [4.69, 9.17) is 11.6 Å². The van der Waals surface area contributed by atoms with E-state index in [0.717, 1.165) is 0 Å². The van der Waals surface area contributed by atoms with E-state index in [1.807, 2.05) is 0 Å². The molecule has 1 aromatic heterocycles. The number of hydrogen-bond donors (Lipinski definition) is 1. The van der Waals surface area contributed by atoms with Gasteiger partial charge in [-0.25, -0.2) is 14.2 Å². The van der Waals surface area contributed by atoms with Crippen molar-refractivity contribution in [2.75, 3.05) is 6.54 Å². The van der Waals surface area contributed by atoms with Crippen molar-refractivity contribution >= 4 is 17.6 Å². The van der Waals surface area contributed by atoms with Crippen molar-refractivity contribution in [1.29, 1.82) is 0 Å². The maximum absolute atomic E-state index is 13.2. The Kier molecular flexibility index (Phi) is 4.76. The van der Waals surface area contributed by atoms with Gasteiger partial charge in [0.05, 0.1) is 24.6 Å². The highest BCUT2D eigenvalue weighted by Gasteiger charge is 2.25. The van der Waals surface area contributed by atoms with Gasteiger partial charge in [0.2, 0.25) is 0 Å². The minimum absolute atomic E-state index is 0.0727. The van der Waals surface area contributed by atoms with Crippen molar-refractivity contribution in [2.24, 2.45) is 7.05 Å². The van der Waals surface area contributed by atoms with Crippen LogP contribution in [0, 0.1) is 5.82 Å². The lowest BCUT2D eigenvalue weighted by molar-refractivity contribution is 0.188. The van der Waals surface area contributed by atoms with Crippen LogP contribution in [0.3, 0.4) is 0 Å². The average molecular weight is 365 g/mol. The predicted molar refractivity (Wildman–Crippen MR) is 91.9 cm³/mol. The van der Waals surface area contributed by atoms with Gasteiger partial charge in [-0.15, -0.1) is 0 Å². The standard InChI is InChI=1S/C17H18ClFN4O2/c1-10(12-4-3-11(19)7-14(12)18)21-17(25)23-6-5-13-15(8-23)20-9-22(2)16(13)24/h3-4,7,9-10H,5-6,8H2,1-2H3,(H,21,25)/t10-/m1/s1. The van der Waals surface area contributed by atoms with Crippen molar-refractivity contribution in [3.63, 3.8) is 0 Å². The summed E-state index contributed by atoms with van der Waals surface area (Å²) < 4.78 is 14.6. The normalized spacial score (nSPS) is 14.8. The second-order valence-corrected chi connectivity index (χ2v) is 6.50. The molecular formula is C17H18ClFN4O2. The van der Waals surface area contributed by atoms with Crippen LogP contribution in [0.1, 0.15) is 29.8 Å². The molecule has 3 rings (SSSR count). The van der Waals surface area contributed by atoms with E-state index in [-0.39, 0.29) is 29.2 Å². The van der Waals surface area contributed by atoms with Crippen LogP contribution in [0.4, 0.5) is 9.18 Å². The Labute approximate surface area is 149 Å².